The Labute approximate surface area is 150 Å². The van der Waals surface area contributed by atoms with E-state index in [0.717, 1.165) is 11.0 Å². The molecule has 0 aliphatic carbocycles. The monoisotopic (exact) mass is 353 g/mol. The van der Waals surface area contributed by atoms with Crippen molar-refractivity contribution in [3.8, 4) is 5.88 Å². The van der Waals surface area contributed by atoms with Crippen LogP contribution in [0.4, 0.5) is 0 Å². The molecule has 0 radical (unpaired) electrons. The van der Waals surface area contributed by atoms with Crippen molar-refractivity contribution in [2.75, 3.05) is 13.2 Å². The van der Waals surface area contributed by atoms with E-state index in [1.807, 2.05) is 36.4 Å². The molecular formula is C18H19N5O3. The number of nitrogens with one attached hydrogen (secondary N) is 1. The minimum atomic E-state index is -0.247. The third-order valence-electron chi connectivity index (χ3n) is 4.16. The van der Waals surface area contributed by atoms with Crippen molar-refractivity contribution in [1.29, 1.82) is 0 Å². The number of carbonyl (C=O) groups is 1. The van der Waals surface area contributed by atoms with Crippen molar-refractivity contribution in [3.05, 3.63) is 48.7 Å². The maximum atomic E-state index is 12.4. The van der Waals surface area contributed by atoms with Gasteiger partial charge in [0.15, 0.2) is 0 Å². The zero-order chi connectivity index (χ0) is 17.8. The van der Waals surface area contributed by atoms with Crippen LogP contribution in [0.15, 0.2) is 48.7 Å². The molecule has 1 saturated heterocycles. The summed E-state index contributed by atoms with van der Waals surface area (Å²) in [6, 6.07) is 12.8. The first-order chi connectivity index (χ1) is 12.8. The zero-order valence-corrected chi connectivity index (χ0v) is 14.1. The fourth-order valence-electron chi connectivity index (χ4n) is 2.92. The highest BCUT2D eigenvalue weighted by molar-refractivity contribution is 5.77. The summed E-state index contributed by atoms with van der Waals surface area (Å²) in [5, 5.41) is 11.6. The van der Waals surface area contributed by atoms with Crippen LogP contribution in [0.1, 0.15) is 6.42 Å². The molecule has 2 unspecified atom stereocenters. The molecule has 2 atom stereocenters. The Balaban J connectivity index is 1.39. The summed E-state index contributed by atoms with van der Waals surface area (Å²) in [7, 11) is 0. The van der Waals surface area contributed by atoms with Crippen molar-refractivity contribution in [3.63, 3.8) is 0 Å². The van der Waals surface area contributed by atoms with E-state index in [0.29, 0.717) is 25.5 Å². The number of pyridine rings is 1. The first kappa shape index (κ1) is 16.5. The first-order valence-corrected chi connectivity index (χ1v) is 8.52. The van der Waals surface area contributed by atoms with Gasteiger partial charge in [0.25, 0.3) is 0 Å². The van der Waals surface area contributed by atoms with Gasteiger partial charge in [0.2, 0.25) is 11.8 Å². The predicted octanol–water partition coefficient (Wildman–Crippen LogP) is 1.18. The molecule has 2 aromatic heterocycles. The minimum absolute atomic E-state index is 0.0431. The standard InChI is InChI=1S/C18H19N5O3/c24-17(11-23-21-13-5-1-2-6-14(13)22-23)20-15-12-25-10-8-16(15)26-18-7-3-4-9-19-18/h1-7,9,15-16H,8,10-12H2,(H,20,24). The average Bonchev–Trinajstić information content (AvgIpc) is 3.06. The molecule has 1 aliphatic rings. The summed E-state index contributed by atoms with van der Waals surface area (Å²) in [5.74, 6) is 0.356. The predicted molar refractivity (Wildman–Crippen MR) is 93.5 cm³/mol. The van der Waals surface area contributed by atoms with E-state index >= 15 is 0 Å². The van der Waals surface area contributed by atoms with Crippen LogP contribution in [-0.4, -0.2) is 51.2 Å². The van der Waals surface area contributed by atoms with Gasteiger partial charge < -0.3 is 14.8 Å². The number of nitrogens with zero attached hydrogens (tertiary/aromatic N) is 4. The molecule has 0 saturated carbocycles. The topological polar surface area (TPSA) is 91.2 Å². The molecule has 1 amide bonds. The van der Waals surface area contributed by atoms with Crippen LogP contribution >= 0.6 is 0 Å². The fraction of sp³-hybridized carbons (Fsp3) is 0.333. The molecule has 4 rings (SSSR count). The molecular weight excluding hydrogens is 334 g/mol. The van der Waals surface area contributed by atoms with E-state index in [1.165, 1.54) is 4.80 Å². The maximum absolute atomic E-state index is 12.4. The van der Waals surface area contributed by atoms with Gasteiger partial charge in [-0.3, -0.25) is 4.79 Å². The van der Waals surface area contributed by atoms with E-state index in [-0.39, 0.29) is 24.6 Å². The summed E-state index contributed by atoms with van der Waals surface area (Å²) >= 11 is 0. The largest absolute Gasteiger partial charge is 0.472 e. The molecule has 1 aromatic carbocycles. The lowest BCUT2D eigenvalue weighted by Gasteiger charge is -2.31. The summed E-state index contributed by atoms with van der Waals surface area (Å²) < 4.78 is 11.4. The fourth-order valence-corrected chi connectivity index (χ4v) is 2.92. The van der Waals surface area contributed by atoms with Crippen molar-refractivity contribution in [2.45, 2.75) is 25.1 Å². The van der Waals surface area contributed by atoms with Crippen molar-refractivity contribution >= 4 is 16.9 Å². The second-order valence-corrected chi connectivity index (χ2v) is 6.08. The average molecular weight is 353 g/mol. The lowest BCUT2D eigenvalue weighted by Crippen LogP contribution is -2.52. The van der Waals surface area contributed by atoms with Gasteiger partial charge >= 0.3 is 0 Å². The molecule has 0 spiro atoms. The van der Waals surface area contributed by atoms with E-state index in [2.05, 4.69) is 20.5 Å². The third kappa shape index (κ3) is 3.80. The van der Waals surface area contributed by atoms with Gasteiger partial charge in [0.05, 0.1) is 19.3 Å². The first-order valence-electron chi connectivity index (χ1n) is 8.52. The number of hydrogen-bond acceptors (Lipinski definition) is 6. The number of ether oxygens (including phenoxy) is 2. The number of carbonyl (C=O) groups excluding carboxylic acids is 1. The summed E-state index contributed by atoms with van der Waals surface area (Å²) in [6.45, 7) is 1.04. The number of amides is 1. The summed E-state index contributed by atoms with van der Waals surface area (Å²) in [6.07, 6.45) is 2.18. The molecule has 3 heterocycles. The normalized spacial score (nSPS) is 20.0. The molecule has 26 heavy (non-hydrogen) atoms. The number of benzene rings is 1. The number of hydrogen-bond donors (Lipinski definition) is 1. The second kappa shape index (κ2) is 7.49. The Morgan fingerprint density at radius 3 is 2.69 bits per heavy atom. The van der Waals surface area contributed by atoms with E-state index < -0.39 is 0 Å². The maximum Gasteiger partial charge on any atom is 0.244 e. The number of aromatic nitrogens is 4. The van der Waals surface area contributed by atoms with Crippen LogP contribution in [0.2, 0.25) is 0 Å². The van der Waals surface area contributed by atoms with Gasteiger partial charge in [0, 0.05) is 18.7 Å². The van der Waals surface area contributed by atoms with Crippen LogP contribution in [0.3, 0.4) is 0 Å². The third-order valence-corrected chi connectivity index (χ3v) is 4.16. The van der Waals surface area contributed by atoms with E-state index in [1.54, 1.807) is 12.3 Å². The molecule has 8 heteroatoms. The highest BCUT2D eigenvalue weighted by Gasteiger charge is 2.29. The highest BCUT2D eigenvalue weighted by Crippen LogP contribution is 2.16. The van der Waals surface area contributed by atoms with Crippen LogP contribution in [0, 0.1) is 0 Å². The molecule has 134 valence electrons. The van der Waals surface area contributed by atoms with Crippen molar-refractivity contribution in [2.24, 2.45) is 0 Å². The van der Waals surface area contributed by atoms with Gasteiger partial charge in [-0.2, -0.15) is 15.0 Å². The SMILES string of the molecule is O=C(Cn1nc2ccccc2n1)NC1COCCC1Oc1ccccn1. The Morgan fingerprint density at radius 2 is 1.96 bits per heavy atom. The second-order valence-electron chi connectivity index (χ2n) is 6.08. The van der Waals surface area contributed by atoms with Gasteiger partial charge in [-0.25, -0.2) is 4.98 Å². The van der Waals surface area contributed by atoms with Crippen LogP contribution in [0.5, 0.6) is 5.88 Å². The molecule has 1 N–H and O–H groups in total. The van der Waals surface area contributed by atoms with Crippen molar-refractivity contribution < 1.29 is 14.3 Å². The van der Waals surface area contributed by atoms with Gasteiger partial charge in [0.1, 0.15) is 23.7 Å². The summed E-state index contributed by atoms with van der Waals surface area (Å²) in [5.41, 5.74) is 1.52. The lowest BCUT2D eigenvalue weighted by molar-refractivity contribution is -0.125. The minimum Gasteiger partial charge on any atom is -0.472 e. The number of fused-ring (bicyclic) bond motifs is 1. The molecule has 1 fully saturated rings. The molecule has 1 aliphatic heterocycles. The zero-order valence-electron chi connectivity index (χ0n) is 14.1. The van der Waals surface area contributed by atoms with Crippen LogP contribution in [-0.2, 0) is 16.1 Å². The number of rotatable bonds is 5. The van der Waals surface area contributed by atoms with Gasteiger partial charge in [-0.05, 0) is 18.2 Å². The molecule has 0 bridgehead atoms. The van der Waals surface area contributed by atoms with E-state index in [4.69, 9.17) is 9.47 Å². The van der Waals surface area contributed by atoms with Gasteiger partial charge in [-0.15, -0.1) is 0 Å². The Morgan fingerprint density at radius 1 is 1.19 bits per heavy atom. The van der Waals surface area contributed by atoms with Crippen LogP contribution < -0.4 is 10.1 Å². The lowest BCUT2D eigenvalue weighted by atomic mass is 10.1. The van der Waals surface area contributed by atoms with E-state index in [9.17, 15) is 4.79 Å². The molecule has 8 nitrogen and oxygen atoms in total. The Bertz CT molecular complexity index is 850. The summed E-state index contributed by atoms with van der Waals surface area (Å²) in [4.78, 5) is 18.0. The van der Waals surface area contributed by atoms with Gasteiger partial charge in [-0.1, -0.05) is 18.2 Å². The Hall–Kier alpha value is -3.00. The highest BCUT2D eigenvalue weighted by atomic mass is 16.5. The quantitative estimate of drug-likeness (QED) is 0.741. The smallest absolute Gasteiger partial charge is 0.244 e. The van der Waals surface area contributed by atoms with Crippen LogP contribution in [0.25, 0.3) is 11.0 Å². The Kier molecular flexibility index (Phi) is 4.74. The van der Waals surface area contributed by atoms with Crippen molar-refractivity contribution in [1.82, 2.24) is 25.3 Å². The molecule has 3 aromatic rings.